The number of aromatic nitrogens is 1. The number of anilines is 1. The van der Waals surface area contributed by atoms with Gasteiger partial charge >= 0.3 is 0 Å². The van der Waals surface area contributed by atoms with Gasteiger partial charge in [-0.25, -0.2) is 0 Å². The first-order valence-electron chi connectivity index (χ1n) is 3.78. The number of rotatable bonds is 0. The van der Waals surface area contributed by atoms with Crippen LogP contribution in [0.25, 0.3) is 6.08 Å². The molecule has 0 spiro atoms. The van der Waals surface area contributed by atoms with Gasteiger partial charge in [0.2, 0.25) is 0 Å². The zero-order valence-corrected chi connectivity index (χ0v) is 8.87. The molecule has 1 aromatic rings. The van der Waals surface area contributed by atoms with Gasteiger partial charge < -0.3 is 5.32 Å². The van der Waals surface area contributed by atoms with Crippen molar-refractivity contribution in [3.8, 4) is 0 Å². The molecule has 3 heteroatoms. The quantitative estimate of drug-likeness (QED) is 0.446. The minimum absolute atomic E-state index is 0.0338. The summed E-state index contributed by atoms with van der Waals surface area (Å²) in [6.07, 6.45) is 7.91. The highest BCUT2D eigenvalue weighted by Gasteiger charge is 2.20. The summed E-state index contributed by atoms with van der Waals surface area (Å²) in [6, 6.07) is 2.00. The summed E-state index contributed by atoms with van der Waals surface area (Å²) >= 11 is 2.37. The van der Waals surface area contributed by atoms with Gasteiger partial charge in [-0.3, -0.25) is 4.98 Å². The van der Waals surface area contributed by atoms with E-state index in [0.717, 1.165) is 11.3 Å². The third-order valence-corrected chi connectivity index (χ3v) is 2.44. The van der Waals surface area contributed by atoms with Crippen molar-refractivity contribution < 1.29 is 0 Å². The van der Waals surface area contributed by atoms with E-state index in [2.05, 4.69) is 52.0 Å². The molecule has 12 heavy (non-hydrogen) atoms. The third kappa shape index (κ3) is 1.46. The summed E-state index contributed by atoms with van der Waals surface area (Å²) in [5.74, 6) is 0. The molecular formula is C9H9IN2. The van der Waals surface area contributed by atoms with Gasteiger partial charge in [-0.15, -0.1) is 0 Å². The van der Waals surface area contributed by atoms with Gasteiger partial charge in [0.05, 0.1) is 0 Å². The van der Waals surface area contributed by atoms with Crippen LogP contribution < -0.4 is 5.32 Å². The highest BCUT2D eigenvalue weighted by Crippen LogP contribution is 2.31. The molecule has 0 fully saturated rings. The number of hydrogen-bond donors (Lipinski definition) is 1. The molecule has 0 aliphatic carbocycles. The van der Waals surface area contributed by atoms with Gasteiger partial charge in [-0.1, -0.05) is 28.7 Å². The van der Waals surface area contributed by atoms with Gasteiger partial charge in [-0.2, -0.15) is 0 Å². The molecule has 0 amide bonds. The van der Waals surface area contributed by atoms with Crippen molar-refractivity contribution in [3.63, 3.8) is 0 Å². The van der Waals surface area contributed by atoms with E-state index in [1.54, 1.807) is 6.20 Å². The van der Waals surface area contributed by atoms with Gasteiger partial charge in [0.15, 0.2) is 0 Å². The van der Waals surface area contributed by atoms with Crippen LogP contribution in [-0.2, 0) is 0 Å². The highest BCUT2D eigenvalue weighted by molar-refractivity contribution is 14.1. The molecule has 2 rings (SSSR count). The molecule has 0 saturated carbocycles. The van der Waals surface area contributed by atoms with Gasteiger partial charge in [-0.05, 0) is 19.1 Å². The lowest BCUT2D eigenvalue weighted by Crippen LogP contribution is -2.26. The SMILES string of the molecule is CC1(I)C=Cc2cnccc2N1. The lowest BCUT2D eigenvalue weighted by Gasteiger charge is -2.26. The van der Waals surface area contributed by atoms with E-state index in [9.17, 15) is 0 Å². The van der Waals surface area contributed by atoms with Crippen molar-refractivity contribution in [1.29, 1.82) is 0 Å². The molecule has 2 heterocycles. The minimum atomic E-state index is 0.0338. The van der Waals surface area contributed by atoms with Crippen LogP contribution in [0, 0.1) is 0 Å². The van der Waals surface area contributed by atoms with Crippen LogP contribution in [0.3, 0.4) is 0 Å². The topological polar surface area (TPSA) is 24.9 Å². The number of halogens is 1. The minimum Gasteiger partial charge on any atom is -0.367 e. The summed E-state index contributed by atoms with van der Waals surface area (Å²) < 4.78 is 0.0338. The molecule has 0 saturated heterocycles. The molecule has 1 aliphatic heterocycles. The van der Waals surface area contributed by atoms with E-state index in [0.29, 0.717) is 0 Å². The number of pyridine rings is 1. The summed E-state index contributed by atoms with van der Waals surface area (Å²) in [7, 11) is 0. The molecule has 1 aliphatic rings. The molecule has 2 nitrogen and oxygen atoms in total. The highest BCUT2D eigenvalue weighted by atomic mass is 127. The zero-order valence-electron chi connectivity index (χ0n) is 6.71. The van der Waals surface area contributed by atoms with Crippen molar-refractivity contribution in [1.82, 2.24) is 4.98 Å². The first-order valence-corrected chi connectivity index (χ1v) is 4.86. The summed E-state index contributed by atoms with van der Waals surface area (Å²) in [5.41, 5.74) is 2.32. The van der Waals surface area contributed by atoms with Crippen LogP contribution in [0.4, 0.5) is 5.69 Å². The van der Waals surface area contributed by atoms with Crippen molar-refractivity contribution in [3.05, 3.63) is 30.1 Å². The molecule has 1 N–H and O–H groups in total. The van der Waals surface area contributed by atoms with Crippen molar-refractivity contribution in [2.45, 2.75) is 10.5 Å². The normalized spacial score (nSPS) is 26.2. The monoisotopic (exact) mass is 272 g/mol. The van der Waals surface area contributed by atoms with Crippen molar-refractivity contribution in [2.24, 2.45) is 0 Å². The maximum absolute atomic E-state index is 4.05. The fourth-order valence-corrected chi connectivity index (χ4v) is 1.67. The average Bonchev–Trinajstić information content (AvgIpc) is 2.02. The Labute approximate surface area is 85.2 Å². The Kier molecular flexibility index (Phi) is 1.83. The molecule has 1 aromatic heterocycles. The second kappa shape index (κ2) is 2.73. The molecule has 1 atom stereocenters. The predicted molar refractivity (Wildman–Crippen MR) is 59.3 cm³/mol. The lowest BCUT2D eigenvalue weighted by atomic mass is 10.1. The lowest BCUT2D eigenvalue weighted by molar-refractivity contribution is 0.954. The maximum Gasteiger partial charge on any atom is 0.105 e. The van der Waals surface area contributed by atoms with Crippen LogP contribution >= 0.6 is 22.6 Å². The number of hydrogen-bond acceptors (Lipinski definition) is 2. The largest absolute Gasteiger partial charge is 0.367 e. The van der Waals surface area contributed by atoms with E-state index < -0.39 is 0 Å². The Morgan fingerprint density at radius 3 is 3.25 bits per heavy atom. The fourth-order valence-electron chi connectivity index (χ4n) is 1.20. The molecule has 0 aromatic carbocycles. The number of nitrogens with one attached hydrogen (secondary N) is 1. The number of nitrogens with zero attached hydrogens (tertiary/aromatic N) is 1. The molecule has 62 valence electrons. The summed E-state index contributed by atoms with van der Waals surface area (Å²) in [5, 5.41) is 3.40. The van der Waals surface area contributed by atoms with Gasteiger partial charge in [0, 0.05) is 23.6 Å². The summed E-state index contributed by atoms with van der Waals surface area (Å²) in [4.78, 5) is 4.05. The molecular weight excluding hydrogens is 263 g/mol. The molecule has 1 unspecified atom stereocenters. The molecule has 0 bridgehead atoms. The Morgan fingerprint density at radius 2 is 2.42 bits per heavy atom. The van der Waals surface area contributed by atoms with Crippen LogP contribution in [0.2, 0.25) is 0 Å². The van der Waals surface area contributed by atoms with Gasteiger partial charge in [0.1, 0.15) is 3.55 Å². The summed E-state index contributed by atoms with van der Waals surface area (Å²) in [6.45, 7) is 2.13. The number of alkyl halides is 1. The van der Waals surface area contributed by atoms with E-state index in [1.807, 2.05) is 12.3 Å². The van der Waals surface area contributed by atoms with E-state index in [1.165, 1.54) is 0 Å². The smallest absolute Gasteiger partial charge is 0.105 e. The van der Waals surface area contributed by atoms with Crippen LogP contribution in [0.1, 0.15) is 12.5 Å². The van der Waals surface area contributed by atoms with Crippen LogP contribution in [0.15, 0.2) is 24.5 Å². The van der Waals surface area contributed by atoms with E-state index in [-0.39, 0.29) is 3.55 Å². The van der Waals surface area contributed by atoms with Crippen LogP contribution in [-0.4, -0.2) is 8.53 Å². The first-order chi connectivity index (χ1) is 5.67. The second-order valence-electron chi connectivity index (χ2n) is 3.00. The Morgan fingerprint density at radius 1 is 1.58 bits per heavy atom. The Balaban J connectivity index is 2.46. The zero-order chi connectivity index (χ0) is 8.60. The van der Waals surface area contributed by atoms with Crippen LogP contribution in [0.5, 0.6) is 0 Å². The second-order valence-corrected chi connectivity index (χ2v) is 5.24. The van der Waals surface area contributed by atoms with E-state index >= 15 is 0 Å². The Hall–Kier alpha value is -0.580. The fraction of sp³-hybridized carbons (Fsp3) is 0.222. The standard InChI is InChI=1S/C9H9IN2/c1-9(10)4-2-7-6-11-5-3-8(7)12-9/h2-6,12H,1H3. The molecule has 0 radical (unpaired) electrons. The number of fused-ring (bicyclic) bond motifs is 1. The predicted octanol–water partition coefficient (Wildman–Crippen LogP) is 2.67. The van der Waals surface area contributed by atoms with E-state index in [4.69, 9.17) is 0 Å². The average molecular weight is 272 g/mol. The Bertz CT molecular complexity index is 331. The maximum atomic E-state index is 4.05. The third-order valence-electron chi connectivity index (χ3n) is 1.81. The van der Waals surface area contributed by atoms with Crippen molar-refractivity contribution >= 4 is 34.4 Å². The first kappa shape index (κ1) is 8.04. The van der Waals surface area contributed by atoms with Crippen molar-refractivity contribution in [2.75, 3.05) is 5.32 Å². The van der Waals surface area contributed by atoms with Gasteiger partial charge in [0.25, 0.3) is 0 Å².